The molecule has 1 aliphatic rings. The highest BCUT2D eigenvalue weighted by Gasteiger charge is 2.33. The van der Waals surface area contributed by atoms with Crippen LogP contribution in [0.5, 0.6) is 11.6 Å². The van der Waals surface area contributed by atoms with Crippen LogP contribution in [-0.2, 0) is 17.8 Å². The highest BCUT2D eigenvalue weighted by molar-refractivity contribution is 8.26. The Bertz CT molecular complexity index is 1560. The summed E-state index contributed by atoms with van der Waals surface area (Å²) in [6.07, 6.45) is 4.12. The molecule has 0 aliphatic carbocycles. The summed E-state index contributed by atoms with van der Waals surface area (Å²) in [5, 5.41) is 0. The molecule has 2 aromatic heterocycles. The molecule has 8 heteroatoms. The Morgan fingerprint density at radius 3 is 2.47 bits per heavy atom. The van der Waals surface area contributed by atoms with E-state index in [0.717, 1.165) is 17.5 Å². The van der Waals surface area contributed by atoms with Crippen LogP contribution < -0.4 is 10.3 Å². The lowest BCUT2D eigenvalue weighted by atomic mass is 10.2. The van der Waals surface area contributed by atoms with E-state index in [1.807, 2.05) is 67.6 Å². The Labute approximate surface area is 218 Å². The molecule has 3 heterocycles. The van der Waals surface area contributed by atoms with Crippen molar-refractivity contribution in [3.05, 3.63) is 110 Å². The summed E-state index contributed by atoms with van der Waals surface area (Å²) in [7, 11) is 0. The van der Waals surface area contributed by atoms with Crippen molar-refractivity contribution < 1.29 is 9.53 Å². The van der Waals surface area contributed by atoms with Crippen molar-refractivity contribution in [2.45, 2.75) is 26.8 Å². The summed E-state index contributed by atoms with van der Waals surface area (Å²) >= 11 is 6.67. The third kappa shape index (κ3) is 4.69. The zero-order chi connectivity index (χ0) is 25.2. The minimum Gasteiger partial charge on any atom is -0.438 e. The fourth-order valence-corrected chi connectivity index (χ4v) is 5.17. The van der Waals surface area contributed by atoms with Gasteiger partial charge in [-0.15, -0.1) is 0 Å². The molecule has 1 fully saturated rings. The lowest BCUT2D eigenvalue weighted by Crippen LogP contribution is -2.27. The van der Waals surface area contributed by atoms with Crippen LogP contribution >= 0.6 is 24.0 Å². The van der Waals surface area contributed by atoms with Gasteiger partial charge in [-0.2, -0.15) is 4.98 Å². The Morgan fingerprint density at radius 1 is 1.00 bits per heavy atom. The molecule has 1 saturated heterocycles. The van der Waals surface area contributed by atoms with Gasteiger partial charge in [0.2, 0.25) is 5.88 Å². The number of pyridine rings is 1. The molecule has 36 heavy (non-hydrogen) atoms. The van der Waals surface area contributed by atoms with Crippen LogP contribution in [0.3, 0.4) is 0 Å². The number of thiocarbonyl (C=S) groups is 1. The zero-order valence-electron chi connectivity index (χ0n) is 19.8. The average Bonchev–Trinajstić information content (AvgIpc) is 3.15. The third-order valence-electron chi connectivity index (χ3n) is 5.93. The molecule has 4 aromatic rings. The summed E-state index contributed by atoms with van der Waals surface area (Å²) < 4.78 is 8.02. The topological polar surface area (TPSA) is 63.9 Å². The number of aromatic nitrogens is 2. The Balaban J connectivity index is 1.57. The predicted octanol–water partition coefficient (Wildman–Crippen LogP) is 5.76. The number of rotatable bonds is 6. The molecule has 6 nitrogen and oxygen atoms in total. The SMILES string of the molecule is CCc1ccc(Oc2nc3c(C)cccn3c(=O)c2/C=C2/SC(=S)N(Cc3ccccc3)C2=O)cc1. The maximum Gasteiger partial charge on any atom is 0.269 e. The minimum atomic E-state index is -0.322. The number of benzene rings is 2. The highest BCUT2D eigenvalue weighted by atomic mass is 32.2. The molecule has 0 N–H and O–H groups in total. The van der Waals surface area contributed by atoms with Crippen molar-refractivity contribution in [3.63, 3.8) is 0 Å². The smallest absolute Gasteiger partial charge is 0.269 e. The molecule has 1 aliphatic heterocycles. The summed E-state index contributed by atoms with van der Waals surface area (Å²) in [6, 6.07) is 21.0. The first-order valence-corrected chi connectivity index (χ1v) is 12.7. The predicted molar refractivity (Wildman–Crippen MR) is 147 cm³/mol. The van der Waals surface area contributed by atoms with E-state index in [0.29, 0.717) is 27.2 Å². The van der Waals surface area contributed by atoms with Crippen LogP contribution in [0.2, 0.25) is 0 Å². The molecule has 0 bridgehead atoms. The molecule has 1 amide bonds. The van der Waals surface area contributed by atoms with Gasteiger partial charge in [0.05, 0.1) is 11.4 Å². The van der Waals surface area contributed by atoms with Crippen molar-refractivity contribution in [2.24, 2.45) is 0 Å². The van der Waals surface area contributed by atoms with Gasteiger partial charge in [-0.05, 0) is 54.3 Å². The van der Waals surface area contributed by atoms with E-state index < -0.39 is 0 Å². The van der Waals surface area contributed by atoms with Crippen LogP contribution in [0.15, 0.2) is 82.6 Å². The van der Waals surface area contributed by atoms with Gasteiger partial charge in [0, 0.05) is 6.20 Å². The second-order valence-corrected chi connectivity index (χ2v) is 10.0. The van der Waals surface area contributed by atoms with E-state index in [9.17, 15) is 9.59 Å². The van der Waals surface area contributed by atoms with E-state index in [1.165, 1.54) is 21.7 Å². The molecular formula is C28H23N3O3S2. The van der Waals surface area contributed by atoms with Gasteiger partial charge in [-0.3, -0.25) is 18.9 Å². The van der Waals surface area contributed by atoms with Crippen molar-refractivity contribution in [3.8, 4) is 11.6 Å². The Hall–Kier alpha value is -3.75. The van der Waals surface area contributed by atoms with Gasteiger partial charge in [0.1, 0.15) is 21.3 Å². The number of carbonyl (C=O) groups excluding carboxylic acids is 1. The molecule has 5 rings (SSSR count). The molecule has 180 valence electrons. The van der Waals surface area contributed by atoms with E-state index in [-0.39, 0.29) is 22.9 Å². The number of nitrogens with zero attached hydrogens (tertiary/aromatic N) is 3. The second kappa shape index (κ2) is 10.1. The third-order valence-corrected chi connectivity index (χ3v) is 7.31. The molecule has 0 atom stereocenters. The monoisotopic (exact) mass is 513 g/mol. The average molecular weight is 514 g/mol. The largest absolute Gasteiger partial charge is 0.438 e. The Kier molecular flexibility index (Phi) is 6.71. The van der Waals surface area contributed by atoms with Crippen LogP contribution in [0.25, 0.3) is 11.7 Å². The minimum absolute atomic E-state index is 0.145. The van der Waals surface area contributed by atoms with Gasteiger partial charge in [-0.25, -0.2) is 0 Å². The number of hydrogen-bond donors (Lipinski definition) is 0. The van der Waals surface area contributed by atoms with E-state index in [2.05, 4.69) is 11.9 Å². The molecule has 0 spiro atoms. The fourth-order valence-electron chi connectivity index (χ4n) is 3.93. The van der Waals surface area contributed by atoms with Crippen LogP contribution in [0, 0.1) is 6.92 Å². The standard InChI is InChI=1S/C28H23N3O3S2/c1-3-19-11-13-21(14-12-19)34-25-22(26(32)30-15-7-8-18(2)24(30)29-25)16-23-27(33)31(28(35)36-23)17-20-9-5-4-6-10-20/h4-16H,3,17H2,1-2H3/b23-16+. The van der Waals surface area contributed by atoms with Gasteiger partial charge >= 0.3 is 0 Å². The van der Waals surface area contributed by atoms with Gasteiger partial charge in [0.15, 0.2) is 0 Å². The number of fused-ring (bicyclic) bond motifs is 1. The van der Waals surface area contributed by atoms with E-state index in [1.54, 1.807) is 23.2 Å². The number of thioether (sulfide) groups is 1. The molecular weight excluding hydrogens is 490 g/mol. The van der Waals surface area contributed by atoms with Crippen LogP contribution in [0.4, 0.5) is 0 Å². The fraction of sp³-hybridized carbons (Fsp3) is 0.143. The number of ether oxygens (including phenoxy) is 1. The quantitative estimate of drug-likeness (QED) is 0.241. The lowest BCUT2D eigenvalue weighted by molar-refractivity contribution is -0.122. The molecule has 0 unspecified atom stereocenters. The summed E-state index contributed by atoms with van der Waals surface area (Å²) in [6.45, 7) is 4.33. The van der Waals surface area contributed by atoms with Gasteiger partial charge in [0.25, 0.3) is 11.5 Å². The number of aryl methyl sites for hydroxylation is 2. The van der Waals surface area contributed by atoms with Crippen LogP contribution in [0.1, 0.15) is 29.2 Å². The number of hydrogen-bond acceptors (Lipinski definition) is 6. The second-order valence-electron chi connectivity index (χ2n) is 8.37. The van der Waals surface area contributed by atoms with Gasteiger partial charge < -0.3 is 4.74 Å². The molecule has 2 aromatic carbocycles. The van der Waals surface area contributed by atoms with Crippen molar-refractivity contribution in [1.82, 2.24) is 14.3 Å². The highest BCUT2D eigenvalue weighted by Crippen LogP contribution is 2.35. The maximum absolute atomic E-state index is 13.6. The first-order chi connectivity index (χ1) is 17.4. The lowest BCUT2D eigenvalue weighted by Gasteiger charge is -2.14. The van der Waals surface area contributed by atoms with E-state index >= 15 is 0 Å². The van der Waals surface area contributed by atoms with Crippen molar-refractivity contribution >= 4 is 45.9 Å². The first kappa shape index (κ1) is 24.0. The molecule has 0 radical (unpaired) electrons. The normalized spacial score (nSPS) is 14.7. The van der Waals surface area contributed by atoms with E-state index in [4.69, 9.17) is 17.0 Å². The van der Waals surface area contributed by atoms with Gasteiger partial charge in [-0.1, -0.05) is 79.4 Å². The maximum atomic E-state index is 13.6. The molecule has 0 saturated carbocycles. The van der Waals surface area contributed by atoms with Crippen molar-refractivity contribution in [2.75, 3.05) is 0 Å². The summed E-state index contributed by atoms with van der Waals surface area (Å²) in [5.41, 5.74) is 3.35. The zero-order valence-corrected chi connectivity index (χ0v) is 21.4. The summed E-state index contributed by atoms with van der Waals surface area (Å²) in [4.78, 5) is 33.4. The number of carbonyl (C=O) groups is 1. The first-order valence-electron chi connectivity index (χ1n) is 11.5. The number of amides is 1. The Morgan fingerprint density at radius 2 is 1.75 bits per heavy atom. The van der Waals surface area contributed by atoms with Crippen molar-refractivity contribution in [1.29, 1.82) is 0 Å². The summed E-state index contributed by atoms with van der Waals surface area (Å²) in [5.74, 6) is 0.455. The van der Waals surface area contributed by atoms with Crippen LogP contribution in [-0.4, -0.2) is 24.5 Å².